The number of anilines is 1. The largest absolute Gasteiger partial charge is 0.467 e. The second-order valence-electron chi connectivity index (χ2n) is 6.62. The number of furan rings is 2. The van der Waals surface area contributed by atoms with E-state index in [1.54, 1.807) is 55.7 Å². The van der Waals surface area contributed by atoms with E-state index in [0.717, 1.165) is 0 Å². The quantitative estimate of drug-likeness (QED) is 0.550. The number of carbonyl (C=O) groups is 1. The van der Waals surface area contributed by atoms with Gasteiger partial charge in [0.2, 0.25) is 10.0 Å². The number of hydrazone groups is 1. The summed E-state index contributed by atoms with van der Waals surface area (Å²) in [5, 5.41) is 5.86. The smallest absolute Gasteiger partial charge is 0.310 e. The summed E-state index contributed by atoms with van der Waals surface area (Å²) < 4.78 is 37.7. The summed E-state index contributed by atoms with van der Waals surface area (Å²) in [7, 11) is -3.40. The minimum Gasteiger partial charge on any atom is -0.467 e. The van der Waals surface area contributed by atoms with Crippen LogP contribution in [0.3, 0.4) is 0 Å². The van der Waals surface area contributed by atoms with Crippen LogP contribution in [0.1, 0.15) is 41.3 Å². The highest BCUT2D eigenvalue weighted by Crippen LogP contribution is 2.35. The molecule has 0 bridgehead atoms. The molecule has 1 aliphatic rings. The molecule has 0 saturated carbocycles. The first-order valence-electron chi connectivity index (χ1n) is 9.17. The molecule has 10 heteroatoms. The summed E-state index contributed by atoms with van der Waals surface area (Å²) >= 11 is 3.20. The van der Waals surface area contributed by atoms with Crippen LogP contribution in [0.15, 0.2) is 73.4 Å². The van der Waals surface area contributed by atoms with Crippen molar-refractivity contribution < 1.29 is 22.0 Å². The molecule has 0 radical (unpaired) electrons. The first-order chi connectivity index (χ1) is 14.4. The molecule has 0 spiro atoms. The zero-order valence-electron chi connectivity index (χ0n) is 15.9. The van der Waals surface area contributed by atoms with Gasteiger partial charge in [0.1, 0.15) is 11.8 Å². The third-order valence-corrected chi connectivity index (χ3v) is 6.36. The zero-order valence-corrected chi connectivity index (χ0v) is 18.3. The number of hydrogen-bond donors (Lipinski definition) is 1. The maximum atomic E-state index is 13.0. The van der Waals surface area contributed by atoms with Crippen molar-refractivity contribution in [3.8, 4) is 0 Å². The van der Waals surface area contributed by atoms with Crippen LogP contribution >= 0.6 is 15.9 Å². The van der Waals surface area contributed by atoms with Crippen molar-refractivity contribution in [3.63, 3.8) is 0 Å². The Morgan fingerprint density at radius 2 is 2.10 bits per heavy atom. The maximum absolute atomic E-state index is 13.0. The Labute approximate surface area is 181 Å². The molecule has 2 aromatic heterocycles. The lowest BCUT2D eigenvalue weighted by atomic mass is 10.0. The van der Waals surface area contributed by atoms with E-state index in [1.165, 1.54) is 5.01 Å². The Kier molecular flexibility index (Phi) is 5.52. The van der Waals surface area contributed by atoms with Crippen molar-refractivity contribution >= 4 is 43.3 Å². The highest BCUT2D eigenvalue weighted by atomic mass is 79.9. The van der Waals surface area contributed by atoms with E-state index in [0.29, 0.717) is 33.8 Å². The number of hydrogen-bond acceptors (Lipinski definition) is 6. The Morgan fingerprint density at radius 1 is 1.27 bits per heavy atom. The molecular weight excluding hydrogens is 474 g/mol. The fourth-order valence-corrected chi connectivity index (χ4v) is 4.07. The molecule has 156 valence electrons. The summed E-state index contributed by atoms with van der Waals surface area (Å²) in [6, 6.07) is 13.2. The van der Waals surface area contributed by atoms with Gasteiger partial charge in [0.25, 0.3) is 0 Å². The van der Waals surface area contributed by atoms with Gasteiger partial charge in [0.15, 0.2) is 10.4 Å². The van der Waals surface area contributed by atoms with Crippen LogP contribution in [-0.4, -0.2) is 30.8 Å². The van der Waals surface area contributed by atoms with Crippen molar-refractivity contribution in [2.24, 2.45) is 5.10 Å². The summed E-state index contributed by atoms with van der Waals surface area (Å²) in [6.45, 7) is 1.57. The Bertz CT molecular complexity index is 1200. The van der Waals surface area contributed by atoms with Gasteiger partial charge in [-0.25, -0.2) is 13.4 Å². The van der Waals surface area contributed by atoms with E-state index < -0.39 is 22.0 Å². The molecule has 3 aromatic rings. The Morgan fingerprint density at radius 3 is 2.77 bits per heavy atom. The van der Waals surface area contributed by atoms with Crippen LogP contribution in [0, 0.1) is 0 Å². The average molecular weight is 492 g/mol. The molecular formula is C20H18BrN3O5S. The van der Waals surface area contributed by atoms with Crippen molar-refractivity contribution in [3.05, 3.63) is 76.5 Å². The van der Waals surface area contributed by atoms with E-state index in [1.807, 2.05) is 6.07 Å². The number of benzene rings is 1. The van der Waals surface area contributed by atoms with Crippen LogP contribution in [0.4, 0.5) is 5.69 Å². The van der Waals surface area contributed by atoms with Crippen molar-refractivity contribution in [2.75, 3.05) is 10.5 Å². The SMILES string of the molecule is CCS(=O)(=O)Nc1cccc(C2=NN(C(=O)c3ccc(Br)o3)[C@@H](c3ccco3)C2)c1. The second kappa shape index (κ2) is 8.11. The molecule has 8 nitrogen and oxygen atoms in total. The minimum absolute atomic E-state index is 0.0280. The number of halogens is 1. The molecule has 1 aromatic carbocycles. The van der Waals surface area contributed by atoms with Gasteiger partial charge >= 0.3 is 5.91 Å². The van der Waals surface area contributed by atoms with Gasteiger partial charge in [0, 0.05) is 12.1 Å². The van der Waals surface area contributed by atoms with Gasteiger partial charge < -0.3 is 8.83 Å². The molecule has 1 amide bonds. The van der Waals surface area contributed by atoms with Crippen molar-refractivity contribution in [2.45, 2.75) is 19.4 Å². The molecule has 1 atom stereocenters. The first-order valence-corrected chi connectivity index (χ1v) is 11.6. The summed E-state index contributed by atoms with van der Waals surface area (Å²) in [5.41, 5.74) is 1.78. The molecule has 1 N–H and O–H groups in total. The molecule has 30 heavy (non-hydrogen) atoms. The van der Waals surface area contributed by atoms with Crippen LogP contribution in [-0.2, 0) is 10.0 Å². The lowest BCUT2D eigenvalue weighted by molar-refractivity contribution is 0.0659. The van der Waals surface area contributed by atoms with Crippen molar-refractivity contribution in [1.29, 1.82) is 0 Å². The highest BCUT2D eigenvalue weighted by Gasteiger charge is 2.36. The molecule has 1 aliphatic heterocycles. The second-order valence-corrected chi connectivity index (χ2v) is 9.41. The predicted molar refractivity (Wildman–Crippen MR) is 115 cm³/mol. The lowest BCUT2D eigenvalue weighted by Gasteiger charge is -2.18. The summed E-state index contributed by atoms with van der Waals surface area (Å²) in [4.78, 5) is 13.0. The number of amides is 1. The zero-order chi connectivity index (χ0) is 21.3. The monoisotopic (exact) mass is 491 g/mol. The molecule has 0 aliphatic carbocycles. The van der Waals surface area contributed by atoms with Crippen LogP contribution in [0.5, 0.6) is 0 Å². The third-order valence-electron chi connectivity index (χ3n) is 4.62. The van der Waals surface area contributed by atoms with Crippen LogP contribution < -0.4 is 4.72 Å². The molecule has 0 fully saturated rings. The number of sulfonamides is 1. The standard InChI is InChI=1S/C20H18BrN3O5S/c1-2-30(26,27)23-14-6-3-5-13(11-14)15-12-16(17-7-4-10-28-17)24(22-15)20(25)18-8-9-19(21)29-18/h3-11,16,23H,2,12H2,1H3/t16-/m1/s1. The predicted octanol–water partition coefficient (Wildman–Crippen LogP) is 4.39. The van der Waals surface area contributed by atoms with Crippen LogP contribution in [0.2, 0.25) is 0 Å². The molecule has 4 rings (SSSR count). The topological polar surface area (TPSA) is 105 Å². The van der Waals surface area contributed by atoms with Crippen LogP contribution in [0.25, 0.3) is 0 Å². The van der Waals surface area contributed by atoms with E-state index in [4.69, 9.17) is 8.83 Å². The van der Waals surface area contributed by atoms with Gasteiger partial charge in [-0.2, -0.15) is 5.10 Å². The van der Waals surface area contributed by atoms with E-state index in [9.17, 15) is 13.2 Å². The normalized spacial score (nSPS) is 16.5. The molecule has 0 unspecified atom stereocenters. The van der Waals surface area contributed by atoms with Gasteiger partial charge in [-0.05, 0) is 64.8 Å². The first kappa shape index (κ1) is 20.4. The Balaban J connectivity index is 1.68. The number of rotatable bonds is 6. The van der Waals surface area contributed by atoms with E-state index in [2.05, 4.69) is 25.8 Å². The van der Waals surface area contributed by atoms with E-state index >= 15 is 0 Å². The summed E-state index contributed by atoms with van der Waals surface area (Å²) in [5.74, 6) is 0.308. The molecule has 0 saturated heterocycles. The number of nitrogens with one attached hydrogen (secondary N) is 1. The fraction of sp³-hybridized carbons (Fsp3) is 0.200. The van der Waals surface area contributed by atoms with Gasteiger partial charge in [-0.1, -0.05) is 12.1 Å². The van der Waals surface area contributed by atoms with Gasteiger partial charge in [-0.15, -0.1) is 0 Å². The van der Waals surface area contributed by atoms with Gasteiger partial charge in [0.05, 0.1) is 17.7 Å². The minimum atomic E-state index is -3.40. The highest BCUT2D eigenvalue weighted by molar-refractivity contribution is 9.10. The molecule has 3 heterocycles. The van der Waals surface area contributed by atoms with Gasteiger partial charge in [-0.3, -0.25) is 9.52 Å². The third kappa shape index (κ3) is 4.19. The summed E-state index contributed by atoms with van der Waals surface area (Å²) in [6.07, 6.45) is 1.95. The fourth-order valence-electron chi connectivity index (χ4n) is 3.13. The maximum Gasteiger partial charge on any atom is 0.310 e. The number of carbonyl (C=O) groups excluding carboxylic acids is 1. The lowest BCUT2D eigenvalue weighted by Crippen LogP contribution is -2.26. The average Bonchev–Trinajstić information content (AvgIpc) is 3.47. The van der Waals surface area contributed by atoms with Crippen molar-refractivity contribution in [1.82, 2.24) is 5.01 Å². The van der Waals surface area contributed by atoms with E-state index in [-0.39, 0.29) is 11.5 Å². The Hall–Kier alpha value is -2.85. The number of nitrogens with zero attached hydrogens (tertiary/aromatic N) is 2.